The number of rotatable bonds is 2. The summed E-state index contributed by atoms with van der Waals surface area (Å²) < 4.78 is 0. The van der Waals surface area contributed by atoms with Gasteiger partial charge in [-0.1, -0.05) is 29.3 Å². The van der Waals surface area contributed by atoms with Crippen LogP contribution in [0.2, 0.25) is 10.0 Å². The average molecular weight is 226 g/mol. The predicted molar refractivity (Wildman–Crippen MR) is 52.1 cm³/mol. The molecule has 12 heavy (non-hydrogen) atoms. The SMILES string of the molecule is OC[C@H](Cl)c1ccc(Cl)c(Cl)c1. The largest absolute Gasteiger partial charge is 0.394 e. The molecule has 0 aliphatic rings. The molecule has 0 radical (unpaired) electrons. The molecule has 0 unspecified atom stereocenters. The standard InChI is InChI=1S/C8H7Cl3O/c9-6-2-1-5(3-7(6)10)8(11)4-12/h1-3,8,12H,4H2/t8-/m0/s1. The van der Waals surface area contributed by atoms with Gasteiger partial charge in [-0.25, -0.2) is 0 Å². The van der Waals surface area contributed by atoms with Crippen molar-refractivity contribution in [2.75, 3.05) is 6.61 Å². The van der Waals surface area contributed by atoms with Crippen molar-refractivity contribution in [1.29, 1.82) is 0 Å². The maximum atomic E-state index is 8.74. The molecule has 4 heteroatoms. The van der Waals surface area contributed by atoms with Gasteiger partial charge in [0, 0.05) is 0 Å². The Morgan fingerprint density at radius 1 is 1.25 bits per heavy atom. The van der Waals surface area contributed by atoms with Gasteiger partial charge in [0.2, 0.25) is 0 Å². The Bertz CT molecular complexity index is 275. The minimum absolute atomic E-state index is 0.112. The van der Waals surface area contributed by atoms with E-state index >= 15 is 0 Å². The summed E-state index contributed by atoms with van der Waals surface area (Å²) in [4.78, 5) is 0. The first-order valence-electron chi connectivity index (χ1n) is 3.35. The van der Waals surface area contributed by atoms with Crippen molar-refractivity contribution in [3.63, 3.8) is 0 Å². The third-order valence-electron chi connectivity index (χ3n) is 1.47. The normalized spacial score (nSPS) is 13.0. The minimum atomic E-state index is -0.417. The van der Waals surface area contributed by atoms with Crippen molar-refractivity contribution < 1.29 is 5.11 Å². The summed E-state index contributed by atoms with van der Waals surface area (Å²) in [5.74, 6) is 0. The Labute approximate surface area is 85.9 Å². The van der Waals surface area contributed by atoms with Crippen LogP contribution in [0.1, 0.15) is 10.9 Å². The highest BCUT2D eigenvalue weighted by molar-refractivity contribution is 6.42. The van der Waals surface area contributed by atoms with E-state index in [1.54, 1.807) is 18.2 Å². The van der Waals surface area contributed by atoms with E-state index in [9.17, 15) is 0 Å². The van der Waals surface area contributed by atoms with E-state index in [0.717, 1.165) is 5.56 Å². The molecule has 0 saturated carbocycles. The zero-order chi connectivity index (χ0) is 9.14. The maximum Gasteiger partial charge on any atom is 0.0816 e. The van der Waals surface area contributed by atoms with E-state index in [-0.39, 0.29) is 6.61 Å². The Balaban J connectivity index is 2.96. The summed E-state index contributed by atoms with van der Waals surface area (Å²) in [6, 6.07) is 5.05. The molecule has 0 heterocycles. The number of aliphatic hydroxyl groups is 1. The highest BCUT2D eigenvalue weighted by atomic mass is 35.5. The summed E-state index contributed by atoms with van der Waals surface area (Å²) in [7, 11) is 0. The minimum Gasteiger partial charge on any atom is -0.394 e. The van der Waals surface area contributed by atoms with Crippen LogP contribution < -0.4 is 0 Å². The second-order valence-electron chi connectivity index (χ2n) is 2.32. The van der Waals surface area contributed by atoms with Crippen LogP contribution in [0.15, 0.2) is 18.2 Å². The first kappa shape index (κ1) is 10.1. The second kappa shape index (κ2) is 4.33. The molecule has 1 atom stereocenters. The Morgan fingerprint density at radius 2 is 1.92 bits per heavy atom. The molecular formula is C8H7Cl3O. The Hall–Kier alpha value is 0.0500. The van der Waals surface area contributed by atoms with E-state index in [0.29, 0.717) is 10.0 Å². The summed E-state index contributed by atoms with van der Waals surface area (Å²) in [6.07, 6.45) is 0. The second-order valence-corrected chi connectivity index (χ2v) is 3.66. The van der Waals surface area contributed by atoms with Gasteiger partial charge < -0.3 is 5.11 Å². The molecule has 0 aliphatic heterocycles. The topological polar surface area (TPSA) is 20.2 Å². The lowest BCUT2D eigenvalue weighted by atomic mass is 10.1. The van der Waals surface area contributed by atoms with Gasteiger partial charge in [0.15, 0.2) is 0 Å². The summed E-state index contributed by atoms with van der Waals surface area (Å²) in [6.45, 7) is -0.112. The first-order valence-corrected chi connectivity index (χ1v) is 4.54. The smallest absolute Gasteiger partial charge is 0.0816 e. The number of hydrogen-bond donors (Lipinski definition) is 1. The average Bonchev–Trinajstić information content (AvgIpc) is 2.08. The zero-order valence-corrected chi connectivity index (χ0v) is 8.37. The van der Waals surface area contributed by atoms with E-state index in [1.165, 1.54) is 0 Å². The highest BCUT2D eigenvalue weighted by Gasteiger charge is 2.07. The predicted octanol–water partition coefficient (Wildman–Crippen LogP) is 3.27. The molecule has 1 aromatic rings. The maximum absolute atomic E-state index is 8.74. The molecule has 0 spiro atoms. The van der Waals surface area contributed by atoms with Crippen molar-refractivity contribution in [3.8, 4) is 0 Å². The van der Waals surface area contributed by atoms with Crippen LogP contribution in [0.3, 0.4) is 0 Å². The van der Waals surface area contributed by atoms with Crippen molar-refractivity contribution in [1.82, 2.24) is 0 Å². The number of halogens is 3. The summed E-state index contributed by atoms with van der Waals surface area (Å²) in [5, 5.41) is 9.26. The number of alkyl halides is 1. The fourth-order valence-electron chi connectivity index (χ4n) is 0.813. The van der Waals surface area contributed by atoms with Crippen molar-refractivity contribution in [3.05, 3.63) is 33.8 Å². The lowest BCUT2D eigenvalue weighted by Crippen LogP contribution is -1.95. The molecule has 0 fully saturated rings. The van der Waals surface area contributed by atoms with Crippen LogP contribution in [0.4, 0.5) is 0 Å². The highest BCUT2D eigenvalue weighted by Crippen LogP contribution is 2.27. The third kappa shape index (κ3) is 2.27. The van der Waals surface area contributed by atoms with Gasteiger partial charge in [0.05, 0.1) is 22.0 Å². The van der Waals surface area contributed by atoms with Gasteiger partial charge in [0.1, 0.15) is 0 Å². The van der Waals surface area contributed by atoms with Crippen molar-refractivity contribution in [2.24, 2.45) is 0 Å². The van der Waals surface area contributed by atoms with Gasteiger partial charge in [-0.2, -0.15) is 0 Å². The lowest BCUT2D eigenvalue weighted by molar-refractivity contribution is 0.294. The molecule has 1 aromatic carbocycles. The van der Waals surface area contributed by atoms with Crippen molar-refractivity contribution >= 4 is 34.8 Å². The van der Waals surface area contributed by atoms with Crippen LogP contribution in [0.25, 0.3) is 0 Å². The molecule has 1 rings (SSSR count). The quantitative estimate of drug-likeness (QED) is 0.766. The molecule has 0 aromatic heterocycles. The van der Waals surface area contributed by atoms with Crippen LogP contribution in [-0.4, -0.2) is 11.7 Å². The van der Waals surface area contributed by atoms with Gasteiger partial charge in [-0.05, 0) is 17.7 Å². The van der Waals surface area contributed by atoms with Gasteiger partial charge in [0.25, 0.3) is 0 Å². The van der Waals surface area contributed by atoms with Gasteiger partial charge >= 0.3 is 0 Å². The summed E-state index contributed by atoms with van der Waals surface area (Å²) in [5.41, 5.74) is 0.772. The molecule has 0 bridgehead atoms. The third-order valence-corrected chi connectivity index (χ3v) is 2.59. The summed E-state index contributed by atoms with van der Waals surface area (Å²) >= 11 is 17.2. The first-order chi connectivity index (χ1) is 5.65. The number of aliphatic hydroxyl groups excluding tert-OH is 1. The Kier molecular flexibility index (Phi) is 3.66. The van der Waals surface area contributed by atoms with Crippen LogP contribution in [0.5, 0.6) is 0 Å². The molecule has 1 nitrogen and oxygen atoms in total. The molecule has 0 amide bonds. The van der Waals surface area contributed by atoms with Crippen LogP contribution in [-0.2, 0) is 0 Å². The van der Waals surface area contributed by atoms with E-state index in [1.807, 2.05) is 0 Å². The van der Waals surface area contributed by atoms with Gasteiger partial charge in [-0.15, -0.1) is 11.6 Å². The monoisotopic (exact) mass is 224 g/mol. The van der Waals surface area contributed by atoms with Crippen LogP contribution >= 0.6 is 34.8 Å². The van der Waals surface area contributed by atoms with Crippen LogP contribution in [0, 0.1) is 0 Å². The molecular weight excluding hydrogens is 218 g/mol. The van der Waals surface area contributed by atoms with Crippen molar-refractivity contribution in [2.45, 2.75) is 5.38 Å². The molecule has 0 saturated heterocycles. The zero-order valence-electron chi connectivity index (χ0n) is 6.10. The van der Waals surface area contributed by atoms with E-state index in [2.05, 4.69) is 0 Å². The fourth-order valence-corrected chi connectivity index (χ4v) is 1.25. The molecule has 66 valence electrons. The van der Waals surface area contributed by atoms with Gasteiger partial charge in [-0.3, -0.25) is 0 Å². The Morgan fingerprint density at radius 3 is 2.42 bits per heavy atom. The number of hydrogen-bond acceptors (Lipinski definition) is 1. The number of benzene rings is 1. The van der Waals surface area contributed by atoms with E-state index < -0.39 is 5.38 Å². The van der Waals surface area contributed by atoms with E-state index in [4.69, 9.17) is 39.9 Å². The fraction of sp³-hybridized carbons (Fsp3) is 0.250. The molecule has 1 N–H and O–H groups in total. The molecule has 0 aliphatic carbocycles. The lowest BCUT2D eigenvalue weighted by Gasteiger charge is -2.06.